The molecule has 1 atom stereocenters. The van der Waals surface area contributed by atoms with Gasteiger partial charge in [-0.15, -0.1) is 0 Å². The molecule has 0 aliphatic carbocycles. The van der Waals surface area contributed by atoms with E-state index in [0.29, 0.717) is 51.5 Å². The smallest absolute Gasteiger partial charge is 0.410 e. The molecule has 210 valence electrons. The van der Waals surface area contributed by atoms with Crippen molar-refractivity contribution in [3.63, 3.8) is 0 Å². The Morgan fingerprint density at radius 3 is 2.38 bits per heavy atom. The summed E-state index contributed by atoms with van der Waals surface area (Å²) in [7, 11) is 0. The van der Waals surface area contributed by atoms with Gasteiger partial charge in [0.05, 0.1) is 31.6 Å². The first-order chi connectivity index (χ1) is 17.8. The van der Waals surface area contributed by atoms with Crippen LogP contribution in [-0.2, 0) is 23.8 Å². The van der Waals surface area contributed by atoms with Crippen LogP contribution in [0.2, 0.25) is 0 Å². The highest BCUT2D eigenvalue weighted by Crippen LogP contribution is 2.37. The number of amides is 1. The van der Waals surface area contributed by atoms with Gasteiger partial charge >= 0.3 is 18.0 Å². The van der Waals surface area contributed by atoms with Crippen LogP contribution in [-0.4, -0.2) is 104 Å². The number of ether oxygens (including phenoxy) is 3. The third-order valence-corrected chi connectivity index (χ3v) is 7.97. The third kappa shape index (κ3) is 8.21. The Morgan fingerprint density at radius 2 is 1.76 bits per heavy atom. The van der Waals surface area contributed by atoms with Gasteiger partial charge in [0, 0.05) is 26.2 Å². The van der Waals surface area contributed by atoms with Crippen LogP contribution >= 0.6 is 0 Å². The predicted molar refractivity (Wildman–Crippen MR) is 138 cm³/mol. The van der Waals surface area contributed by atoms with Gasteiger partial charge < -0.3 is 29.7 Å². The van der Waals surface area contributed by atoms with Crippen molar-refractivity contribution in [2.45, 2.75) is 71.3 Å². The molecule has 1 amide bonds. The van der Waals surface area contributed by atoms with Crippen molar-refractivity contribution >= 4 is 24.0 Å². The SMILES string of the molecule is CCOC(=O)CC1(C(=O)OCC)CCN(CC2CN(CCCCC3CCN(C(=N)N)CC3)C(=O)O2)CC1. The van der Waals surface area contributed by atoms with E-state index >= 15 is 0 Å². The number of unbranched alkanes of at least 4 members (excludes halogenated alkanes) is 1. The number of piperidine rings is 2. The van der Waals surface area contributed by atoms with E-state index in [1.807, 2.05) is 4.90 Å². The van der Waals surface area contributed by atoms with Crippen molar-refractivity contribution in [1.29, 1.82) is 5.41 Å². The van der Waals surface area contributed by atoms with Gasteiger partial charge in [-0.05, 0) is 65.0 Å². The molecule has 0 bridgehead atoms. The fraction of sp³-hybridized carbons (Fsp3) is 0.846. The van der Waals surface area contributed by atoms with Gasteiger partial charge in [-0.25, -0.2) is 4.79 Å². The van der Waals surface area contributed by atoms with E-state index in [4.69, 9.17) is 25.4 Å². The summed E-state index contributed by atoms with van der Waals surface area (Å²) in [4.78, 5) is 43.2. The van der Waals surface area contributed by atoms with Gasteiger partial charge in [0.2, 0.25) is 0 Å². The Labute approximate surface area is 220 Å². The lowest BCUT2D eigenvalue weighted by atomic mass is 9.75. The quantitative estimate of drug-likeness (QED) is 0.130. The average Bonchev–Trinajstić information content (AvgIpc) is 3.22. The molecule has 3 saturated heterocycles. The zero-order valence-electron chi connectivity index (χ0n) is 22.5. The first kappa shape index (κ1) is 29.0. The molecule has 3 heterocycles. The van der Waals surface area contributed by atoms with E-state index < -0.39 is 5.41 Å². The molecule has 3 N–H and O–H groups in total. The van der Waals surface area contributed by atoms with Crippen LogP contribution in [0.25, 0.3) is 0 Å². The highest BCUT2D eigenvalue weighted by molar-refractivity contribution is 5.83. The van der Waals surface area contributed by atoms with Crippen molar-refractivity contribution < 1.29 is 28.6 Å². The van der Waals surface area contributed by atoms with Gasteiger partial charge in [-0.2, -0.15) is 0 Å². The second-order valence-corrected chi connectivity index (χ2v) is 10.5. The highest BCUT2D eigenvalue weighted by atomic mass is 16.6. The topological polar surface area (TPSA) is 138 Å². The maximum absolute atomic E-state index is 12.7. The maximum Gasteiger partial charge on any atom is 0.410 e. The number of guanidine groups is 1. The summed E-state index contributed by atoms with van der Waals surface area (Å²) in [6.45, 7) is 8.98. The number of rotatable bonds is 12. The van der Waals surface area contributed by atoms with E-state index in [9.17, 15) is 14.4 Å². The van der Waals surface area contributed by atoms with Crippen molar-refractivity contribution in [3.05, 3.63) is 0 Å². The molecule has 3 rings (SSSR count). The monoisotopic (exact) mass is 523 g/mol. The number of likely N-dealkylation sites (tertiary alicyclic amines) is 2. The number of esters is 2. The first-order valence-corrected chi connectivity index (χ1v) is 13.9. The summed E-state index contributed by atoms with van der Waals surface area (Å²) in [5.41, 5.74) is 4.72. The number of cyclic esters (lactones) is 1. The highest BCUT2D eigenvalue weighted by Gasteiger charge is 2.45. The first-order valence-electron chi connectivity index (χ1n) is 13.9. The molecular weight excluding hydrogens is 478 g/mol. The number of hydrogen-bond acceptors (Lipinski definition) is 8. The molecule has 11 nitrogen and oxygen atoms in total. The molecule has 3 aliphatic heterocycles. The fourth-order valence-electron chi connectivity index (χ4n) is 5.73. The Hall–Kier alpha value is -2.56. The molecule has 0 radical (unpaired) electrons. The summed E-state index contributed by atoms with van der Waals surface area (Å²) in [6, 6.07) is 0. The molecule has 37 heavy (non-hydrogen) atoms. The van der Waals surface area contributed by atoms with Gasteiger partial charge in [0.25, 0.3) is 0 Å². The van der Waals surface area contributed by atoms with Crippen LogP contribution in [0.3, 0.4) is 0 Å². The van der Waals surface area contributed by atoms with Crippen LogP contribution in [0, 0.1) is 16.7 Å². The van der Waals surface area contributed by atoms with Crippen LogP contribution in [0.4, 0.5) is 4.79 Å². The number of carbonyl (C=O) groups is 3. The maximum atomic E-state index is 12.7. The lowest BCUT2D eigenvalue weighted by molar-refractivity contribution is -0.165. The summed E-state index contributed by atoms with van der Waals surface area (Å²) < 4.78 is 16.0. The van der Waals surface area contributed by atoms with E-state index in [-0.39, 0.29) is 49.7 Å². The Kier molecular flexibility index (Phi) is 10.8. The van der Waals surface area contributed by atoms with E-state index in [0.717, 1.165) is 45.2 Å². The molecule has 11 heteroatoms. The molecular formula is C26H45N5O6. The minimum absolute atomic E-state index is 0.0372. The molecule has 0 saturated carbocycles. The average molecular weight is 524 g/mol. The summed E-state index contributed by atoms with van der Waals surface area (Å²) in [5, 5.41) is 7.54. The number of nitrogens with zero attached hydrogens (tertiary/aromatic N) is 3. The molecule has 0 aromatic rings. The Morgan fingerprint density at radius 1 is 1.08 bits per heavy atom. The minimum Gasteiger partial charge on any atom is -0.466 e. The van der Waals surface area contributed by atoms with E-state index in [1.165, 1.54) is 0 Å². The molecule has 3 fully saturated rings. The largest absolute Gasteiger partial charge is 0.466 e. The van der Waals surface area contributed by atoms with E-state index in [2.05, 4.69) is 4.90 Å². The predicted octanol–water partition coefficient (Wildman–Crippen LogP) is 2.18. The van der Waals surface area contributed by atoms with Gasteiger partial charge in [-0.3, -0.25) is 19.9 Å². The zero-order chi connectivity index (χ0) is 26.8. The summed E-state index contributed by atoms with van der Waals surface area (Å²) >= 11 is 0. The van der Waals surface area contributed by atoms with E-state index in [1.54, 1.807) is 18.7 Å². The number of nitrogens with two attached hydrogens (primary N) is 1. The third-order valence-electron chi connectivity index (χ3n) is 7.97. The summed E-state index contributed by atoms with van der Waals surface area (Å²) in [5.74, 6) is 0.134. The van der Waals surface area contributed by atoms with Gasteiger partial charge in [0.15, 0.2) is 5.96 Å². The number of hydrogen-bond donors (Lipinski definition) is 2. The lowest BCUT2D eigenvalue weighted by Crippen LogP contribution is -2.48. The van der Waals surface area contributed by atoms with Crippen molar-refractivity contribution in [1.82, 2.24) is 14.7 Å². The van der Waals surface area contributed by atoms with Crippen LogP contribution < -0.4 is 5.73 Å². The molecule has 3 aliphatic rings. The van der Waals surface area contributed by atoms with Crippen LogP contribution in [0.1, 0.15) is 65.2 Å². The molecule has 1 unspecified atom stereocenters. The molecule has 0 spiro atoms. The number of carbonyl (C=O) groups excluding carboxylic acids is 3. The standard InChI is InChI=1S/C26H45N5O6/c1-3-35-22(32)17-26(23(33)36-4-2)10-15-29(16-11-26)18-21-19-31(25(34)37-21)12-6-5-7-20-8-13-30(14-9-20)24(27)28/h20-21H,3-19H2,1-2H3,(H3,27,28). The van der Waals surface area contributed by atoms with Crippen LogP contribution in [0.5, 0.6) is 0 Å². The Balaban J connectivity index is 1.37. The number of nitrogens with one attached hydrogen (secondary N) is 1. The normalized spacial score (nSPS) is 22.5. The lowest BCUT2D eigenvalue weighted by Gasteiger charge is -2.39. The fourth-order valence-corrected chi connectivity index (χ4v) is 5.73. The van der Waals surface area contributed by atoms with Crippen LogP contribution in [0.15, 0.2) is 0 Å². The second kappa shape index (κ2) is 13.8. The zero-order valence-corrected chi connectivity index (χ0v) is 22.5. The summed E-state index contributed by atoms with van der Waals surface area (Å²) in [6.07, 6.45) is 5.93. The van der Waals surface area contributed by atoms with Gasteiger partial charge in [0.1, 0.15) is 6.10 Å². The molecule has 0 aromatic heterocycles. The van der Waals surface area contributed by atoms with Crippen molar-refractivity contribution in [2.24, 2.45) is 17.1 Å². The van der Waals surface area contributed by atoms with Gasteiger partial charge in [-0.1, -0.05) is 12.8 Å². The van der Waals surface area contributed by atoms with Crippen molar-refractivity contribution in [2.75, 3.05) is 59.0 Å². The molecule has 0 aromatic carbocycles. The minimum atomic E-state index is -0.847. The Bertz CT molecular complexity index is 792. The second-order valence-electron chi connectivity index (χ2n) is 10.5. The van der Waals surface area contributed by atoms with Crippen molar-refractivity contribution in [3.8, 4) is 0 Å².